The molecule has 0 fully saturated rings. The third kappa shape index (κ3) is 3.23. The van der Waals surface area contributed by atoms with Gasteiger partial charge in [0.1, 0.15) is 0 Å². The summed E-state index contributed by atoms with van der Waals surface area (Å²) >= 11 is 0. The fourth-order valence-corrected chi connectivity index (χ4v) is 5.85. The highest BCUT2D eigenvalue weighted by atomic mass is 15.0. The number of para-hydroxylation sites is 2. The van der Waals surface area contributed by atoms with Gasteiger partial charge < -0.3 is 4.57 Å². The number of fused-ring (bicyclic) bond motifs is 6. The van der Waals surface area contributed by atoms with Crippen LogP contribution in [0, 0.1) is 0 Å². The summed E-state index contributed by atoms with van der Waals surface area (Å²) in [5, 5.41) is 2.59. The highest BCUT2D eigenvalue weighted by Gasteiger charge is 2.20. The van der Waals surface area contributed by atoms with E-state index in [1.807, 2.05) is 0 Å². The van der Waals surface area contributed by atoms with Crippen LogP contribution in [-0.4, -0.2) is 4.57 Å². The SMILES string of the molecule is CCCc1ccc2c(c1)-c1cc(-c3ccc4c(c3)c3ccccc3n4-c3ccccc3)ccc1C2. The van der Waals surface area contributed by atoms with E-state index in [0.29, 0.717) is 0 Å². The Balaban J connectivity index is 1.39. The predicted molar refractivity (Wildman–Crippen MR) is 148 cm³/mol. The lowest BCUT2D eigenvalue weighted by atomic mass is 9.96. The number of nitrogens with zero attached hydrogens (tertiary/aromatic N) is 1. The molecule has 0 N–H and O–H groups in total. The van der Waals surface area contributed by atoms with E-state index in [2.05, 4.69) is 121 Å². The van der Waals surface area contributed by atoms with E-state index >= 15 is 0 Å². The van der Waals surface area contributed by atoms with E-state index in [0.717, 1.165) is 12.8 Å². The van der Waals surface area contributed by atoms with Gasteiger partial charge in [0.2, 0.25) is 0 Å². The zero-order valence-electron chi connectivity index (χ0n) is 20.0. The second-order valence-corrected chi connectivity index (χ2v) is 9.71. The van der Waals surface area contributed by atoms with Crippen LogP contribution in [0.2, 0.25) is 0 Å². The maximum atomic E-state index is 2.42. The van der Waals surface area contributed by atoms with Crippen molar-refractivity contribution in [2.75, 3.05) is 0 Å². The van der Waals surface area contributed by atoms with Gasteiger partial charge >= 0.3 is 0 Å². The third-order valence-corrected chi connectivity index (χ3v) is 7.51. The van der Waals surface area contributed by atoms with Gasteiger partial charge in [0.15, 0.2) is 0 Å². The largest absolute Gasteiger partial charge is 0.309 e. The minimum atomic E-state index is 1.04. The number of aryl methyl sites for hydroxylation is 1. The van der Waals surface area contributed by atoms with E-state index < -0.39 is 0 Å². The molecule has 168 valence electrons. The van der Waals surface area contributed by atoms with Crippen LogP contribution in [0.15, 0.2) is 109 Å². The first-order valence-electron chi connectivity index (χ1n) is 12.6. The minimum Gasteiger partial charge on any atom is -0.309 e. The van der Waals surface area contributed by atoms with Crippen LogP contribution in [0.4, 0.5) is 0 Å². The molecule has 0 unspecified atom stereocenters. The van der Waals surface area contributed by atoms with Gasteiger partial charge in [-0.2, -0.15) is 0 Å². The molecule has 0 atom stereocenters. The van der Waals surface area contributed by atoms with Crippen LogP contribution < -0.4 is 0 Å². The van der Waals surface area contributed by atoms with Gasteiger partial charge in [-0.3, -0.25) is 0 Å². The summed E-state index contributed by atoms with van der Waals surface area (Å²) in [6.45, 7) is 2.25. The fourth-order valence-electron chi connectivity index (χ4n) is 5.85. The Morgan fingerprint density at radius 1 is 0.600 bits per heavy atom. The number of aromatic nitrogens is 1. The maximum absolute atomic E-state index is 2.42. The standard InChI is InChI=1S/C34H27N/c1-2-8-23-13-14-26-20-27-16-15-24(21-31(27)30(26)19-23)25-17-18-34-32(22-25)29-11-6-7-12-33(29)35(34)28-9-4-3-5-10-28/h3-7,9-19,21-22H,2,8,20H2,1H3. The normalized spacial score (nSPS) is 12.3. The Hall–Kier alpha value is -4.10. The molecule has 6 aromatic rings. The summed E-state index contributed by atoms with van der Waals surface area (Å²) in [5.74, 6) is 0. The number of hydrogen-bond acceptors (Lipinski definition) is 0. The van der Waals surface area contributed by atoms with Gasteiger partial charge in [-0.1, -0.05) is 86.1 Å². The summed E-state index contributed by atoms with van der Waals surface area (Å²) in [6, 6.07) is 40.5. The van der Waals surface area contributed by atoms with Crippen LogP contribution in [0.25, 0.3) is 49.7 Å². The Kier molecular flexibility index (Phi) is 4.63. The van der Waals surface area contributed by atoms with E-state index in [4.69, 9.17) is 0 Å². The molecule has 0 amide bonds. The Labute approximate surface area is 206 Å². The van der Waals surface area contributed by atoms with Crippen LogP contribution in [0.1, 0.15) is 30.0 Å². The van der Waals surface area contributed by atoms with Gasteiger partial charge in [-0.25, -0.2) is 0 Å². The molecule has 1 heterocycles. The molecular weight excluding hydrogens is 422 g/mol. The molecule has 35 heavy (non-hydrogen) atoms. The highest BCUT2D eigenvalue weighted by Crippen LogP contribution is 2.41. The molecule has 0 saturated carbocycles. The molecule has 1 aliphatic rings. The molecule has 7 rings (SSSR count). The lowest BCUT2D eigenvalue weighted by Gasteiger charge is -2.09. The molecular formula is C34H27N. The lowest BCUT2D eigenvalue weighted by Crippen LogP contribution is -1.92. The molecule has 1 nitrogen and oxygen atoms in total. The van der Waals surface area contributed by atoms with Crippen molar-refractivity contribution in [1.82, 2.24) is 4.57 Å². The van der Waals surface area contributed by atoms with Crippen LogP contribution in [-0.2, 0) is 12.8 Å². The minimum absolute atomic E-state index is 1.04. The van der Waals surface area contributed by atoms with Gasteiger partial charge in [-0.05, 0) is 88.2 Å². The van der Waals surface area contributed by atoms with Crippen LogP contribution in [0.5, 0.6) is 0 Å². The van der Waals surface area contributed by atoms with Crippen LogP contribution in [0.3, 0.4) is 0 Å². The van der Waals surface area contributed by atoms with E-state index in [1.165, 1.54) is 72.9 Å². The number of hydrogen-bond donors (Lipinski definition) is 0. The summed E-state index contributed by atoms with van der Waals surface area (Å²) in [5.41, 5.74) is 13.4. The van der Waals surface area contributed by atoms with Crippen molar-refractivity contribution in [3.8, 4) is 27.9 Å². The third-order valence-electron chi connectivity index (χ3n) is 7.51. The summed E-state index contributed by atoms with van der Waals surface area (Å²) in [4.78, 5) is 0. The van der Waals surface area contributed by atoms with Gasteiger partial charge in [0.25, 0.3) is 0 Å². The first kappa shape index (κ1) is 20.3. The lowest BCUT2D eigenvalue weighted by molar-refractivity contribution is 0.921. The van der Waals surface area contributed by atoms with Crippen molar-refractivity contribution in [2.24, 2.45) is 0 Å². The summed E-state index contributed by atoms with van der Waals surface area (Å²) < 4.78 is 2.38. The molecule has 1 heteroatoms. The molecule has 0 saturated heterocycles. The summed E-state index contributed by atoms with van der Waals surface area (Å²) in [7, 11) is 0. The zero-order valence-corrected chi connectivity index (χ0v) is 20.0. The monoisotopic (exact) mass is 449 g/mol. The van der Waals surface area contributed by atoms with Crippen molar-refractivity contribution in [3.05, 3.63) is 126 Å². The number of benzene rings is 5. The Bertz CT molecular complexity index is 1720. The van der Waals surface area contributed by atoms with E-state index in [-0.39, 0.29) is 0 Å². The zero-order chi connectivity index (χ0) is 23.4. The second kappa shape index (κ2) is 7.99. The van der Waals surface area contributed by atoms with Crippen molar-refractivity contribution in [2.45, 2.75) is 26.2 Å². The molecule has 1 aromatic heterocycles. The van der Waals surface area contributed by atoms with Gasteiger partial charge in [-0.15, -0.1) is 0 Å². The molecule has 5 aromatic carbocycles. The van der Waals surface area contributed by atoms with Gasteiger partial charge in [0.05, 0.1) is 11.0 Å². The predicted octanol–water partition coefficient (Wildman–Crippen LogP) is 8.97. The quantitative estimate of drug-likeness (QED) is 0.253. The first-order valence-corrected chi connectivity index (χ1v) is 12.6. The van der Waals surface area contributed by atoms with E-state index in [1.54, 1.807) is 0 Å². The number of rotatable bonds is 4. The molecule has 1 aliphatic carbocycles. The van der Waals surface area contributed by atoms with Crippen molar-refractivity contribution in [3.63, 3.8) is 0 Å². The molecule has 0 aliphatic heterocycles. The highest BCUT2D eigenvalue weighted by molar-refractivity contribution is 6.10. The average Bonchev–Trinajstić information content (AvgIpc) is 3.44. The van der Waals surface area contributed by atoms with Crippen LogP contribution >= 0.6 is 0 Å². The smallest absolute Gasteiger partial charge is 0.0541 e. The van der Waals surface area contributed by atoms with E-state index in [9.17, 15) is 0 Å². The average molecular weight is 450 g/mol. The molecule has 0 bridgehead atoms. The molecule has 0 radical (unpaired) electrons. The Morgan fingerprint density at radius 2 is 1.29 bits per heavy atom. The maximum Gasteiger partial charge on any atom is 0.0541 e. The van der Waals surface area contributed by atoms with Gasteiger partial charge in [0, 0.05) is 16.5 Å². The first-order chi connectivity index (χ1) is 17.3. The molecule has 0 spiro atoms. The van der Waals surface area contributed by atoms with Crippen molar-refractivity contribution in [1.29, 1.82) is 0 Å². The van der Waals surface area contributed by atoms with Crippen molar-refractivity contribution >= 4 is 21.8 Å². The fraction of sp³-hybridized carbons (Fsp3) is 0.118. The van der Waals surface area contributed by atoms with Crippen molar-refractivity contribution < 1.29 is 0 Å². The second-order valence-electron chi connectivity index (χ2n) is 9.71. The summed E-state index contributed by atoms with van der Waals surface area (Å²) in [6.07, 6.45) is 3.37. The Morgan fingerprint density at radius 3 is 2.14 bits per heavy atom. The topological polar surface area (TPSA) is 4.93 Å².